The Morgan fingerprint density at radius 2 is 2.00 bits per heavy atom. The largest absolute Gasteiger partial charge is 0.289 e. The standard InChI is InChI=1S/C13H6N2O/c1-8-12(11(7-14)15-2)9-5-3-4-6-10(9)13(8)16/h3-6H,1H2/b12-11+. The third kappa shape index (κ3) is 1.16. The maximum absolute atomic E-state index is 11.8. The number of nitriles is 1. The molecule has 0 amide bonds. The molecular formula is C13H6N2O. The van der Waals surface area contributed by atoms with E-state index in [9.17, 15) is 4.79 Å². The predicted molar refractivity (Wildman–Crippen MR) is 59.0 cm³/mol. The van der Waals surface area contributed by atoms with Crippen LogP contribution in [-0.4, -0.2) is 5.78 Å². The van der Waals surface area contributed by atoms with Crippen molar-refractivity contribution in [3.63, 3.8) is 0 Å². The first-order valence-corrected chi connectivity index (χ1v) is 4.56. The molecule has 0 saturated carbocycles. The number of carbonyl (C=O) groups excluding carboxylic acids is 1. The second kappa shape index (κ2) is 3.49. The summed E-state index contributed by atoms with van der Waals surface area (Å²) in [4.78, 5) is 14.9. The Hall–Kier alpha value is -2.65. The quantitative estimate of drug-likeness (QED) is 0.372. The fourth-order valence-electron chi connectivity index (χ4n) is 1.75. The number of ketones is 1. The van der Waals surface area contributed by atoms with Gasteiger partial charge < -0.3 is 0 Å². The molecule has 16 heavy (non-hydrogen) atoms. The van der Waals surface area contributed by atoms with Gasteiger partial charge in [0.1, 0.15) is 0 Å². The number of rotatable bonds is 0. The fraction of sp³-hybridized carbons (Fsp3) is 0. The second-order valence-electron chi connectivity index (χ2n) is 3.30. The van der Waals surface area contributed by atoms with E-state index in [4.69, 9.17) is 11.8 Å². The number of fused-ring (bicyclic) bond motifs is 1. The van der Waals surface area contributed by atoms with Crippen molar-refractivity contribution in [2.75, 3.05) is 0 Å². The van der Waals surface area contributed by atoms with E-state index in [2.05, 4.69) is 11.4 Å². The Morgan fingerprint density at radius 3 is 2.56 bits per heavy atom. The molecule has 0 aliphatic heterocycles. The highest BCUT2D eigenvalue weighted by atomic mass is 16.1. The van der Waals surface area contributed by atoms with Gasteiger partial charge in [-0.2, -0.15) is 0 Å². The van der Waals surface area contributed by atoms with Crippen LogP contribution in [0.2, 0.25) is 0 Å². The maximum Gasteiger partial charge on any atom is 0.270 e. The number of benzene rings is 1. The Bertz CT molecular complexity index is 608. The lowest BCUT2D eigenvalue weighted by atomic mass is 10.0. The number of allylic oxidation sites excluding steroid dienone is 3. The van der Waals surface area contributed by atoms with Gasteiger partial charge in [-0.15, -0.1) is 0 Å². The zero-order valence-corrected chi connectivity index (χ0v) is 8.32. The number of Topliss-reactive ketones (excluding diaryl/α,β-unsaturated/α-hetero) is 1. The molecule has 0 radical (unpaired) electrons. The third-order valence-electron chi connectivity index (χ3n) is 2.47. The van der Waals surface area contributed by atoms with Gasteiger partial charge in [0.25, 0.3) is 5.70 Å². The summed E-state index contributed by atoms with van der Waals surface area (Å²) in [7, 11) is 0. The minimum Gasteiger partial charge on any atom is -0.289 e. The monoisotopic (exact) mass is 206 g/mol. The lowest BCUT2D eigenvalue weighted by Gasteiger charge is -1.99. The Labute approximate surface area is 92.8 Å². The summed E-state index contributed by atoms with van der Waals surface area (Å²) in [5.74, 6) is -0.206. The summed E-state index contributed by atoms with van der Waals surface area (Å²) in [6, 6.07) is 8.71. The average Bonchev–Trinajstić information content (AvgIpc) is 2.57. The van der Waals surface area contributed by atoms with Gasteiger partial charge >= 0.3 is 0 Å². The minimum absolute atomic E-state index is 0.0803. The smallest absolute Gasteiger partial charge is 0.270 e. The van der Waals surface area contributed by atoms with E-state index >= 15 is 0 Å². The van der Waals surface area contributed by atoms with E-state index in [1.807, 2.05) is 0 Å². The highest BCUT2D eigenvalue weighted by Crippen LogP contribution is 2.37. The molecule has 0 bridgehead atoms. The maximum atomic E-state index is 11.8. The van der Waals surface area contributed by atoms with Gasteiger partial charge in [0.2, 0.25) is 0 Å². The summed E-state index contributed by atoms with van der Waals surface area (Å²) in [6.45, 7) is 10.6. The molecule has 0 atom stereocenters. The normalized spacial score (nSPS) is 16.4. The van der Waals surface area contributed by atoms with Crippen molar-refractivity contribution in [1.82, 2.24) is 0 Å². The Balaban J connectivity index is 2.84. The van der Waals surface area contributed by atoms with Crippen molar-refractivity contribution in [3.05, 3.63) is 64.7 Å². The minimum atomic E-state index is -0.206. The van der Waals surface area contributed by atoms with Gasteiger partial charge in [0.05, 0.1) is 12.6 Å². The highest BCUT2D eigenvalue weighted by Gasteiger charge is 2.30. The number of hydrogen-bond acceptors (Lipinski definition) is 2. The molecule has 0 saturated heterocycles. The van der Waals surface area contributed by atoms with Crippen LogP contribution in [0.4, 0.5) is 0 Å². The molecule has 0 fully saturated rings. The van der Waals surface area contributed by atoms with Gasteiger partial charge in [-0.1, -0.05) is 30.8 Å². The van der Waals surface area contributed by atoms with Crippen molar-refractivity contribution < 1.29 is 4.79 Å². The van der Waals surface area contributed by atoms with Crippen molar-refractivity contribution >= 4 is 11.4 Å². The molecule has 74 valence electrons. The summed E-state index contributed by atoms with van der Waals surface area (Å²) in [6.07, 6.45) is 0. The van der Waals surface area contributed by atoms with Crippen LogP contribution in [0.1, 0.15) is 15.9 Å². The van der Waals surface area contributed by atoms with Crippen LogP contribution in [0, 0.1) is 17.9 Å². The lowest BCUT2D eigenvalue weighted by molar-refractivity contribution is 0.104. The van der Waals surface area contributed by atoms with Crippen molar-refractivity contribution in [2.24, 2.45) is 0 Å². The molecule has 0 aromatic heterocycles. The van der Waals surface area contributed by atoms with Crippen molar-refractivity contribution in [2.45, 2.75) is 0 Å². The van der Waals surface area contributed by atoms with E-state index in [0.29, 0.717) is 16.7 Å². The molecule has 1 aromatic rings. The summed E-state index contributed by atoms with van der Waals surface area (Å²) in [5.41, 5.74) is 1.67. The molecule has 1 aromatic carbocycles. The number of carbonyl (C=O) groups is 1. The van der Waals surface area contributed by atoms with Crippen LogP contribution < -0.4 is 0 Å². The molecule has 0 spiro atoms. The molecule has 2 rings (SSSR count). The molecule has 0 N–H and O–H groups in total. The van der Waals surface area contributed by atoms with Gasteiger partial charge in [-0.05, 0) is 5.56 Å². The topological polar surface area (TPSA) is 45.2 Å². The first-order chi connectivity index (χ1) is 7.70. The first kappa shape index (κ1) is 9.89. The fourth-order valence-corrected chi connectivity index (χ4v) is 1.75. The highest BCUT2D eigenvalue weighted by molar-refractivity contribution is 6.27. The number of nitrogens with zero attached hydrogens (tertiary/aromatic N) is 2. The van der Waals surface area contributed by atoms with E-state index in [-0.39, 0.29) is 17.1 Å². The van der Waals surface area contributed by atoms with Crippen LogP contribution >= 0.6 is 0 Å². The molecule has 0 heterocycles. The van der Waals surface area contributed by atoms with Gasteiger partial charge in [-0.3, -0.25) is 4.79 Å². The molecule has 1 aliphatic rings. The zero-order valence-electron chi connectivity index (χ0n) is 8.32. The van der Waals surface area contributed by atoms with Crippen LogP contribution in [0.5, 0.6) is 0 Å². The zero-order chi connectivity index (χ0) is 11.7. The van der Waals surface area contributed by atoms with Crippen LogP contribution in [0.15, 0.2) is 42.1 Å². The number of hydrogen-bond donors (Lipinski definition) is 0. The predicted octanol–water partition coefficient (Wildman–Crippen LogP) is 2.59. The Kier molecular flexibility index (Phi) is 2.16. The van der Waals surface area contributed by atoms with Gasteiger partial charge in [0.15, 0.2) is 5.78 Å². The molecular weight excluding hydrogens is 200 g/mol. The summed E-state index contributed by atoms with van der Waals surface area (Å²) >= 11 is 0. The van der Waals surface area contributed by atoms with E-state index in [1.54, 1.807) is 30.3 Å². The summed E-state index contributed by atoms with van der Waals surface area (Å²) < 4.78 is 0. The second-order valence-corrected chi connectivity index (χ2v) is 3.30. The third-order valence-corrected chi connectivity index (χ3v) is 2.47. The van der Waals surface area contributed by atoms with Crippen LogP contribution in [-0.2, 0) is 0 Å². The first-order valence-electron chi connectivity index (χ1n) is 4.56. The van der Waals surface area contributed by atoms with E-state index < -0.39 is 0 Å². The van der Waals surface area contributed by atoms with Crippen molar-refractivity contribution in [3.8, 4) is 6.07 Å². The van der Waals surface area contributed by atoms with Gasteiger partial charge in [-0.25, -0.2) is 10.1 Å². The average molecular weight is 206 g/mol. The van der Waals surface area contributed by atoms with Crippen LogP contribution in [0.3, 0.4) is 0 Å². The van der Waals surface area contributed by atoms with E-state index in [1.165, 1.54) is 0 Å². The van der Waals surface area contributed by atoms with Crippen LogP contribution in [0.25, 0.3) is 10.4 Å². The lowest BCUT2D eigenvalue weighted by Crippen LogP contribution is -1.92. The molecule has 0 unspecified atom stereocenters. The summed E-state index contributed by atoms with van der Waals surface area (Å²) in [5, 5.41) is 8.84. The van der Waals surface area contributed by atoms with Crippen molar-refractivity contribution in [1.29, 1.82) is 5.26 Å². The Morgan fingerprint density at radius 1 is 1.38 bits per heavy atom. The molecule has 1 aliphatic carbocycles. The molecule has 3 nitrogen and oxygen atoms in total. The SMILES string of the molecule is [C-]#[N+]/C(C#N)=C1\C(=C)C(=O)c2ccccc21. The molecule has 3 heteroatoms. The van der Waals surface area contributed by atoms with Gasteiger partial charge in [0, 0.05) is 16.7 Å². The van der Waals surface area contributed by atoms with E-state index in [0.717, 1.165) is 0 Å².